The number of hydrogen-bond donors (Lipinski definition) is 0. The topological polar surface area (TPSA) is 15.7 Å². The van der Waals surface area contributed by atoms with Crippen molar-refractivity contribution in [3.8, 4) is 5.75 Å². The lowest BCUT2D eigenvalue weighted by Crippen LogP contribution is -2.31. The molecule has 0 aliphatic carbocycles. The average Bonchev–Trinajstić information content (AvgIpc) is 2.57. The van der Waals surface area contributed by atoms with E-state index in [9.17, 15) is 0 Å². The summed E-state index contributed by atoms with van der Waals surface area (Å²) in [6, 6.07) is 8.57. The minimum Gasteiger partial charge on any atom is -0.497 e. The monoisotopic (exact) mass is 218 g/mol. The van der Waals surface area contributed by atoms with Gasteiger partial charge in [0.05, 0.1) is 13.2 Å². The molecule has 3 heteroatoms. The van der Waals surface area contributed by atoms with Crippen LogP contribution in [0.15, 0.2) is 36.0 Å². The molecule has 0 fully saturated rings. The van der Waals surface area contributed by atoms with Crippen LogP contribution in [0.25, 0.3) is 0 Å². The molecule has 0 saturated carbocycles. The number of benzene rings is 1. The normalized spacial score (nSPS) is 21.1. The number of nitrogens with zero attached hydrogens (tertiary/aromatic N) is 2. The van der Waals surface area contributed by atoms with Crippen molar-refractivity contribution in [1.29, 1.82) is 0 Å². The molecule has 0 saturated heterocycles. The third kappa shape index (κ3) is 1.78. The molecular weight excluding hydrogens is 200 g/mol. The molecule has 0 amide bonds. The predicted octanol–water partition coefficient (Wildman–Crippen LogP) is 2.43. The first-order chi connectivity index (χ1) is 7.63. The zero-order chi connectivity index (χ0) is 11.7. The molecule has 0 radical (unpaired) electrons. The van der Waals surface area contributed by atoms with Crippen molar-refractivity contribution < 1.29 is 4.74 Å². The maximum atomic E-state index is 5.16. The van der Waals surface area contributed by atoms with Gasteiger partial charge in [0.2, 0.25) is 0 Å². The van der Waals surface area contributed by atoms with Crippen LogP contribution in [0.3, 0.4) is 0 Å². The van der Waals surface area contributed by atoms with E-state index in [2.05, 4.69) is 49.2 Å². The van der Waals surface area contributed by atoms with E-state index in [0.29, 0.717) is 6.04 Å². The van der Waals surface area contributed by atoms with Crippen molar-refractivity contribution in [3.05, 3.63) is 41.6 Å². The molecule has 1 aromatic carbocycles. The average molecular weight is 218 g/mol. The molecule has 2 rings (SSSR count). The summed E-state index contributed by atoms with van der Waals surface area (Å²) in [5, 5.41) is 4.38. The number of ether oxygens (including phenoxy) is 1. The van der Waals surface area contributed by atoms with E-state index in [0.717, 1.165) is 5.75 Å². The predicted molar refractivity (Wildman–Crippen MR) is 65.0 cm³/mol. The van der Waals surface area contributed by atoms with Crippen LogP contribution in [-0.2, 0) is 0 Å². The maximum absolute atomic E-state index is 5.16. The van der Waals surface area contributed by atoms with Crippen molar-refractivity contribution in [2.24, 2.45) is 0 Å². The third-order valence-electron chi connectivity index (χ3n) is 3.24. The molecule has 0 spiro atoms. The summed E-state index contributed by atoms with van der Waals surface area (Å²) in [5.41, 5.74) is 2.57. The molecule has 1 aliphatic heterocycles. The number of rotatable bonds is 2. The Kier molecular flexibility index (Phi) is 2.88. The summed E-state index contributed by atoms with van der Waals surface area (Å²) in [4.78, 5) is 0. The molecule has 1 atom stereocenters. The lowest BCUT2D eigenvalue weighted by atomic mass is 10.1. The summed E-state index contributed by atoms with van der Waals surface area (Å²) in [5.74, 6) is 0.901. The lowest BCUT2D eigenvalue weighted by molar-refractivity contribution is 0.0624. The van der Waals surface area contributed by atoms with Crippen LogP contribution in [0, 0.1) is 0 Å². The fourth-order valence-electron chi connectivity index (χ4n) is 1.99. The van der Waals surface area contributed by atoms with E-state index in [-0.39, 0.29) is 0 Å². The van der Waals surface area contributed by atoms with Gasteiger partial charge in [0.25, 0.3) is 0 Å². The standard InChI is InChI=1S/C13H18N2O/c1-10-9-13(15(3)14(10)2)11-5-7-12(16-4)8-6-11/h5-9,13H,1-4H3. The van der Waals surface area contributed by atoms with Crippen molar-refractivity contribution in [2.75, 3.05) is 21.2 Å². The molecule has 1 heterocycles. The van der Waals surface area contributed by atoms with Crippen LogP contribution >= 0.6 is 0 Å². The van der Waals surface area contributed by atoms with E-state index in [1.54, 1.807) is 7.11 Å². The molecule has 1 unspecified atom stereocenters. The maximum Gasteiger partial charge on any atom is 0.118 e. The Morgan fingerprint density at radius 1 is 1.12 bits per heavy atom. The van der Waals surface area contributed by atoms with Gasteiger partial charge in [-0.25, -0.2) is 5.01 Å². The Balaban J connectivity index is 2.25. The number of methoxy groups -OCH3 is 1. The number of hydrazine groups is 1. The van der Waals surface area contributed by atoms with Crippen molar-refractivity contribution in [2.45, 2.75) is 13.0 Å². The molecule has 1 aliphatic rings. The first kappa shape index (κ1) is 11.0. The Morgan fingerprint density at radius 2 is 1.75 bits per heavy atom. The second kappa shape index (κ2) is 4.18. The van der Waals surface area contributed by atoms with Gasteiger partial charge in [-0.3, -0.25) is 0 Å². The van der Waals surface area contributed by atoms with E-state index >= 15 is 0 Å². The molecule has 16 heavy (non-hydrogen) atoms. The highest BCUT2D eigenvalue weighted by Crippen LogP contribution is 2.31. The van der Waals surface area contributed by atoms with Crippen LogP contribution in [-0.4, -0.2) is 31.2 Å². The van der Waals surface area contributed by atoms with Gasteiger partial charge in [0.1, 0.15) is 5.75 Å². The summed E-state index contributed by atoms with van der Waals surface area (Å²) < 4.78 is 5.16. The number of allylic oxidation sites excluding steroid dienone is 1. The smallest absolute Gasteiger partial charge is 0.118 e. The van der Waals surface area contributed by atoms with Crippen molar-refractivity contribution in [3.63, 3.8) is 0 Å². The quantitative estimate of drug-likeness (QED) is 0.758. The highest BCUT2D eigenvalue weighted by atomic mass is 16.5. The zero-order valence-corrected chi connectivity index (χ0v) is 10.3. The Hall–Kier alpha value is -1.48. The first-order valence-corrected chi connectivity index (χ1v) is 5.42. The molecule has 0 bridgehead atoms. The van der Waals surface area contributed by atoms with Crippen LogP contribution in [0.4, 0.5) is 0 Å². The van der Waals surface area contributed by atoms with E-state index in [1.807, 2.05) is 12.1 Å². The fourth-order valence-corrected chi connectivity index (χ4v) is 1.99. The summed E-state index contributed by atoms with van der Waals surface area (Å²) >= 11 is 0. The Morgan fingerprint density at radius 3 is 2.19 bits per heavy atom. The molecule has 0 N–H and O–H groups in total. The van der Waals surface area contributed by atoms with Crippen LogP contribution < -0.4 is 4.74 Å². The molecule has 1 aromatic rings. The second-order valence-electron chi connectivity index (χ2n) is 4.12. The van der Waals surface area contributed by atoms with Crippen LogP contribution in [0.5, 0.6) is 5.75 Å². The minimum absolute atomic E-state index is 0.330. The van der Waals surface area contributed by atoms with Gasteiger partial charge in [0, 0.05) is 19.8 Å². The summed E-state index contributed by atoms with van der Waals surface area (Å²) in [7, 11) is 5.87. The SMILES string of the molecule is COc1ccc(C2C=C(C)N(C)N2C)cc1. The molecule has 3 nitrogen and oxygen atoms in total. The molecule has 0 aromatic heterocycles. The molecule has 86 valence electrons. The van der Waals surface area contributed by atoms with Crippen LogP contribution in [0.1, 0.15) is 18.5 Å². The van der Waals surface area contributed by atoms with Crippen LogP contribution in [0.2, 0.25) is 0 Å². The lowest BCUT2D eigenvalue weighted by Gasteiger charge is -2.28. The van der Waals surface area contributed by atoms with E-state index in [1.165, 1.54) is 11.3 Å². The van der Waals surface area contributed by atoms with Gasteiger partial charge < -0.3 is 9.75 Å². The van der Waals surface area contributed by atoms with Gasteiger partial charge in [0.15, 0.2) is 0 Å². The summed E-state index contributed by atoms with van der Waals surface area (Å²) in [6.07, 6.45) is 2.27. The van der Waals surface area contributed by atoms with Gasteiger partial charge >= 0.3 is 0 Å². The fraction of sp³-hybridized carbons (Fsp3) is 0.385. The molecular formula is C13H18N2O. The summed E-state index contributed by atoms with van der Waals surface area (Å²) in [6.45, 7) is 2.13. The number of likely N-dealkylation sites (N-methyl/N-ethyl adjacent to an activating group) is 1. The highest BCUT2D eigenvalue weighted by molar-refractivity contribution is 5.32. The Bertz CT molecular complexity index is 397. The minimum atomic E-state index is 0.330. The van der Waals surface area contributed by atoms with Gasteiger partial charge in [-0.1, -0.05) is 12.1 Å². The first-order valence-electron chi connectivity index (χ1n) is 5.42. The van der Waals surface area contributed by atoms with E-state index < -0.39 is 0 Å². The Labute approximate surface area is 96.9 Å². The number of hydrogen-bond acceptors (Lipinski definition) is 3. The van der Waals surface area contributed by atoms with Gasteiger partial charge in [-0.15, -0.1) is 0 Å². The van der Waals surface area contributed by atoms with Crippen molar-refractivity contribution >= 4 is 0 Å². The van der Waals surface area contributed by atoms with Crippen molar-refractivity contribution in [1.82, 2.24) is 10.0 Å². The largest absolute Gasteiger partial charge is 0.497 e. The van der Waals surface area contributed by atoms with Gasteiger partial charge in [-0.2, -0.15) is 0 Å². The zero-order valence-electron chi connectivity index (χ0n) is 10.3. The van der Waals surface area contributed by atoms with E-state index in [4.69, 9.17) is 4.74 Å². The highest BCUT2D eigenvalue weighted by Gasteiger charge is 2.25. The second-order valence-corrected chi connectivity index (χ2v) is 4.12. The van der Waals surface area contributed by atoms with Gasteiger partial charge in [-0.05, 0) is 30.7 Å². The third-order valence-corrected chi connectivity index (χ3v) is 3.24.